The van der Waals surface area contributed by atoms with E-state index in [1.807, 2.05) is 5.32 Å². The van der Waals surface area contributed by atoms with Crippen LogP contribution in [0.15, 0.2) is 0 Å². The van der Waals surface area contributed by atoms with Crippen molar-refractivity contribution in [3.63, 3.8) is 0 Å². The van der Waals surface area contributed by atoms with Crippen LogP contribution < -0.4 is 10.6 Å². The molecule has 0 spiro atoms. The Morgan fingerprint density at radius 3 is 2.52 bits per heavy atom. The summed E-state index contributed by atoms with van der Waals surface area (Å²) in [6, 6.07) is -3.26. The molecule has 1 rings (SSSR count). The summed E-state index contributed by atoms with van der Waals surface area (Å²) in [5.41, 5.74) is 0. The van der Waals surface area contributed by atoms with Crippen LogP contribution in [0.2, 0.25) is 0 Å². The molecule has 0 radical (unpaired) electrons. The van der Waals surface area contributed by atoms with Gasteiger partial charge in [0.25, 0.3) is 0 Å². The number of hydrogen-bond acceptors (Lipinski definition) is 5. The molecule has 0 saturated carbocycles. The quantitative estimate of drug-likeness (QED) is 0.444. The Bertz CT molecular complexity index is 490. The van der Waals surface area contributed by atoms with Gasteiger partial charge in [-0.25, -0.2) is 9.59 Å². The molecule has 4 N–H and O–H groups in total. The van der Waals surface area contributed by atoms with E-state index in [9.17, 15) is 24.0 Å². The predicted molar refractivity (Wildman–Crippen MR) is 66.1 cm³/mol. The number of piperazine rings is 1. The number of carbonyl (C=O) groups excluding carboxylic acids is 3. The fourth-order valence-corrected chi connectivity index (χ4v) is 1.72. The second-order valence-corrected chi connectivity index (χ2v) is 4.49. The zero-order valence-corrected chi connectivity index (χ0v) is 11.2. The van der Waals surface area contributed by atoms with E-state index in [2.05, 4.69) is 5.32 Å². The second kappa shape index (κ2) is 6.68. The van der Waals surface area contributed by atoms with Crippen molar-refractivity contribution >= 4 is 29.8 Å². The lowest BCUT2D eigenvalue weighted by Crippen LogP contribution is -2.62. The minimum Gasteiger partial charge on any atom is -0.481 e. The molecule has 2 unspecified atom stereocenters. The van der Waals surface area contributed by atoms with Crippen LogP contribution in [0.25, 0.3) is 0 Å². The van der Waals surface area contributed by atoms with E-state index in [1.165, 1.54) is 6.92 Å². The fourth-order valence-electron chi connectivity index (χ4n) is 1.72. The van der Waals surface area contributed by atoms with E-state index in [4.69, 9.17) is 10.2 Å². The number of amides is 4. The van der Waals surface area contributed by atoms with Crippen LogP contribution in [0.1, 0.15) is 19.8 Å². The summed E-state index contributed by atoms with van der Waals surface area (Å²) in [4.78, 5) is 56.9. The van der Waals surface area contributed by atoms with Gasteiger partial charge in [-0.2, -0.15) is 0 Å². The molecule has 4 amide bonds. The topological polar surface area (TPSA) is 153 Å². The van der Waals surface area contributed by atoms with E-state index in [-0.39, 0.29) is 13.0 Å². The Kier molecular flexibility index (Phi) is 5.22. The van der Waals surface area contributed by atoms with Gasteiger partial charge in [-0.1, -0.05) is 0 Å². The average molecular weight is 301 g/mol. The van der Waals surface area contributed by atoms with Crippen LogP contribution in [0, 0.1) is 0 Å². The second-order valence-electron chi connectivity index (χ2n) is 4.49. The Balaban J connectivity index is 2.71. The molecular weight excluding hydrogens is 286 g/mol. The van der Waals surface area contributed by atoms with E-state index in [1.54, 1.807) is 0 Å². The molecule has 0 aromatic carbocycles. The highest BCUT2D eigenvalue weighted by Gasteiger charge is 2.35. The Labute approximate surface area is 119 Å². The molecule has 0 aliphatic carbocycles. The first-order valence-corrected chi connectivity index (χ1v) is 6.07. The predicted octanol–water partition coefficient (Wildman–Crippen LogP) is -1.64. The molecule has 21 heavy (non-hydrogen) atoms. The SMILES string of the molecule is CC1C(=O)NC(=O)CN1C(=O)NC(CCC(=O)O)C(=O)O. The number of nitrogens with zero attached hydrogens (tertiary/aromatic N) is 1. The number of imide groups is 1. The van der Waals surface area contributed by atoms with Gasteiger partial charge in [0.15, 0.2) is 0 Å². The van der Waals surface area contributed by atoms with Gasteiger partial charge in [-0.3, -0.25) is 19.7 Å². The van der Waals surface area contributed by atoms with Gasteiger partial charge in [0.05, 0.1) is 0 Å². The van der Waals surface area contributed by atoms with Gasteiger partial charge >= 0.3 is 18.0 Å². The largest absolute Gasteiger partial charge is 0.481 e. The minimum atomic E-state index is -1.42. The normalized spacial score (nSPS) is 19.7. The van der Waals surface area contributed by atoms with Crippen LogP contribution >= 0.6 is 0 Å². The first-order valence-electron chi connectivity index (χ1n) is 6.07. The van der Waals surface area contributed by atoms with E-state index in [0.717, 1.165) is 4.90 Å². The molecule has 1 heterocycles. The number of aliphatic carboxylic acids is 2. The summed E-state index contributed by atoms with van der Waals surface area (Å²) >= 11 is 0. The maximum atomic E-state index is 11.9. The molecule has 2 atom stereocenters. The molecule has 0 bridgehead atoms. The van der Waals surface area contributed by atoms with Gasteiger partial charge < -0.3 is 20.4 Å². The molecule has 10 nitrogen and oxygen atoms in total. The minimum absolute atomic E-state index is 0.307. The summed E-state index contributed by atoms with van der Waals surface area (Å²) < 4.78 is 0. The van der Waals surface area contributed by atoms with Gasteiger partial charge in [0.2, 0.25) is 11.8 Å². The Morgan fingerprint density at radius 2 is 2.00 bits per heavy atom. The van der Waals surface area contributed by atoms with Crippen LogP contribution in [-0.4, -0.2) is 63.5 Å². The summed E-state index contributed by atoms with van der Waals surface area (Å²) in [5, 5.41) is 21.6. The average Bonchev–Trinajstić information content (AvgIpc) is 2.37. The van der Waals surface area contributed by atoms with Crippen molar-refractivity contribution in [3.8, 4) is 0 Å². The Morgan fingerprint density at radius 1 is 1.38 bits per heavy atom. The van der Waals surface area contributed by atoms with Gasteiger partial charge in [0, 0.05) is 6.42 Å². The molecule has 1 saturated heterocycles. The van der Waals surface area contributed by atoms with Gasteiger partial charge in [-0.15, -0.1) is 0 Å². The summed E-state index contributed by atoms with van der Waals surface area (Å²) in [5.74, 6) is -3.94. The zero-order valence-electron chi connectivity index (χ0n) is 11.2. The van der Waals surface area contributed by atoms with Crippen molar-refractivity contribution < 1.29 is 34.2 Å². The third-order valence-electron chi connectivity index (χ3n) is 2.93. The number of carbonyl (C=O) groups is 5. The highest BCUT2D eigenvalue weighted by Crippen LogP contribution is 2.07. The third-order valence-corrected chi connectivity index (χ3v) is 2.93. The first-order chi connectivity index (χ1) is 9.72. The van der Waals surface area contributed by atoms with Crippen molar-refractivity contribution in [3.05, 3.63) is 0 Å². The summed E-state index contributed by atoms with van der Waals surface area (Å²) in [6.07, 6.45) is -0.745. The summed E-state index contributed by atoms with van der Waals surface area (Å²) in [6.45, 7) is 0.998. The van der Waals surface area contributed by atoms with E-state index >= 15 is 0 Å². The molecule has 116 valence electrons. The molecule has 0 aromatic rings. The van der Waals surface area contributed by atoms with Crippen molar-refractivity contribution in [2.75, 3.05) is 6.54 Å². The van der Waals surface area contributed by atoms with Crippen molar-refractivity contribution in [2.24, 2.45) is 0 Å². The van der Waals surface area contributed by atoms with Crippen LogP contribution in [0.4, 0.5) is 4.79 Å². The first kappa shape index (κ1) is 16.4. The van der Waals surface area contributed by atoms with Crippen molar-refractivity contribution in [1.29, 1.82) is 0 Å². The fraction of sp³-hybridized carbons (Fsp3) is 0.545. The molecule has 1 aliphatic rings. The van der Waals surface area contributed by atoms with E-state index in [0.29, 0.717) is 0 Å². The van der Waals surface area contributed by atoms with Crippen LogP contribution in [0.5, 0.6) is 0 Å². The third kappa shape index (κ3) is 4.44. The zero-order chi connectivity index (χ0) is 16.2. The lowest BCUT2D eigenvalue weighted by Gasteiger charge is -2.32. The number of urea groups is 1. The maximum absolute atomic E-state index is 11.9. The lowest BCUT2D eigenvalue weighted by molar-refractivity contribution is -0.140. The van der Waals surface area contributed by atoms with Crippen LogP contribution in [-0.2, 0) is 19.2 Å². The monoisotopic (exact) mass is 301 g/mol. The van der Waals surface area contributed by atoms with E-state index < -0.39 is 48.3 Å². The molecule has 1 aliphatic heterocycles. The number of carboxylic acids is 2. The van der Waals surface area contributed by atoms with Crippen molar-refractivity contribution in [2.45, 2.75) is 31.8 Å². The number of hydrogen-bond donors (Lipinski definition) is 4. The van der Waals surface area contributed by atoms with Crippen LogP contribution in [0.3, 0.4) is 0 Å². The number of carboxylic acid groups (broad SMARTS) is 2. The molecular formula is C11H15N3O7. The molecule has 0 aromatic heterocycles. The standard InChI is InChI=1S/C11H15N3O7/c1-5-9(18)13-7(15)4-14(5)11(21)12-6(10(19)20)2-3-8(16)17/h5-6H,2-4H2,1H3,(H,12,21)(H,16,17)(H,19,20)(H,13,15,18). The molecule has 1 fully saturated rings. The van der Waals surface area contributed by atoms with Gasteiger partial charge in [0.1, 0.15) is 18.6 Å². The highest BCUT2D eigenvalue weighted by molar-refractivity contribution is 6.04. The number of nitrogens with one attached hydrogen (secondary N) is 2. The Hall–Kier alpha value is -2.65. The summed E-state index contributed by atoms with van der Waals surface area (Å²) in [7, 11) is 0. The molecule has 10 heteroatoms. The number of rotatable bonds is 5. The smallest absolute Gasteiger partial charge is 0.326 e. The lowest BCUT2D eigenvalue weighted by atomic mass is 10.1. The van der Waals surface area contributed by atoms with Crippen molar-refractivity contribution in [1.82, 2.24) is 15.5 Å². The van der Waals surface area contributed by atoms with Gasteiger partial charge in [-0.05, 0) is 13.3 Å². The maximum Gasteiger partial charge on any atom is 0.326 e. The highest BCUT2D eigenvalue weighted by atomic mass is 16.4.